The molecule has 1 aliphatic rings. The molecule has 1 fully saturated rings. The summed E-state index contributed by atoms with van der Waals surface area (Å²) in [6.07, 6.45) is -1.25. The van der Waals surface area contributed by atoms with E-state index in [0.29, 0.717) is 11.5 Å². The van der Waals surface area contributed by atoms with Crippen molar-refractivity contribution in [1.82, 2.24) is 0 Å². The predicted octanol–water partition coefficient (Wildman–Crippen LogP) is 0.726. The molecule has 0 unspecified atom stereocenters. The van der Waals surface area contributed by atoms with Crippen molar-refractivity contribution >= 4 is 17.9 Å². The first-order valence-electron chi connectivity index (χ1n) is 3.04. The number of carboxylic acid groups (broad SMARTS) is 1. The number of thioether (sulfide) groups is 1. The fraction of sp³-hybridized carbons (Fsp3) is 0.800. The van der Waals surface area contributed by atoms with E-state index in [1.807, 2.05) is 0 Å². The van der Waals surface area contributed by atoms with E-state index in [-0.39, 0.29) is 13.1 Å². The molecule has 0 bridgehead atoms. The lowest BCUT2D eigenvalue weighted by atomic mass is 10.5. The summed E-state index contributed by atoms with van der Waals surface area (Å²) in [5.41, 5.74) is 0. The van der Waals surface area contributed by atoms with E-state index in [4.69, 9.17) is 5.11 Å². The van der Waals surface area contributed by atoms with Crippen molar-refractivity contribution < 1.29 is 14.5 Å². The zero-order valence-corrected chi connectivity index (χ0v) is 6.26. The van der Waals surface area contributed by atoms with Crippen LogP contribution >= 0.6 is 11.8 Å². The molecule has 0 radical (unpaired) electrons. The van der Waals surface area contributed by atoms with Crippen LogP contribution in [0.1, 0.15) is 0 Å². The van der Waals surface area contributed by atoms with E-state index >= 15 is 0 Å². The highest BCUT2D eigenvalue weighted by Gasteiger charge is 2.29. The molecule has 5 heteroatoms. The molecule has 10 heavy (non-hydrogen) atoms. The van der Waals surface area contributed by atoms with E-state index < -0.39 is 10.7 Å². The van der Waals surface area contributed by atoms with Gasteiger partial charge in [0.25, 0.3) is 0 Å². The molecular formula is C5H9NO3S. The van der Waals surface area contributed by atoms with Gasteiger partial charge in [-0.2, -0.15) is 16.6 Å². The number of rotatable bonds is 0. The number of nitrogens with zero attached hydrogens (tertiary/aromatic N) is 1. The Morgan fingerprint density at radius 2 is 2.00 bits per heavy atom. The Morgan fingerprint density at radius 3 is 2.30 bits per heavy atom. The average Bonchev–Trinajstić information content (AvgIpc) is 1.89. The first-order valence-corrected chi connectivity index (χ1v) is 4.20. The summed E-state index contributed by atoms with van der Waals surface area (Å²) in [7, 11) is 0. The molecule has 0 aliphatic carbocycles. The number of carbonyl (C=O) groups is 1. The lowest BCUT2D eigenvalue weighted by Gasteiger charge is -2.38. The summed E-state index contributed by atoms with van der Waals surface area (Å²) in [4.78, 5) is 10.3. The Balaban J connectivity index is 2.56. The minimum Gasteiger partial charge on any atom is -0.622 e. The van der Waals surface area contributed by atoms with E-state index in [1.165, 1.54) is 0 Å². The second-order valence-electron chi connectivity index (χ2n) is 2.23. The number of hydrogen-bond donors (Lipinski definition) is 1. The molecule has 0 aromatic carbocycles. The third-order valence-electron chi connectivity index (χ3n) is 1.54. The number of hydroxylamine groups is 3. The second-order valence-corrected chi connectivity index (χ2v) is 3.46. The maximum absolute atomic E-state index is 11.1. The quantitative estimate of drug-likeness (QED) is 0.422. The van der Waals surface area contributed by atoms with Crippen molar-refractivity contribution in [2.24, 2.45) is 0 Å². The van der Waals surface area contributed by atoms with Gasteiger partial charge >= 0.3 is 6.09 Å². The Labute approximate surface area is 63.0 Å². The van der Waals surface area contributed by atoms with Gasteiger partial charge < -0.3 is 10.3 Å². The molecule has 0 saturated carbocycles. The van der Waals surface area contributed by atoms with Crippen LogP contribution in [-0.2, 0) is 0 Å². The molecule has 1 N–H and O–H groups in total. The highest BCUT2D eigenvalue weighted by molar-refractivity contribution is 7.99. The topological polar surface area (TPSA) is 60.4 Å². The molecule has 1 rings (SSSR count). The Kier molecular flexibility index (Phi) is 2.18. The normalized spacial score (nSPS) is 24.1. The smallest absolute Gasteiger partial charge is 0.513 e. The van der Waals surface area contributed by atoms with Gasteiger partial charge in [-0.1, -0.05) is 0 Å². The van der Waals surface area contributed by atoms with Gasteiger partial charge in [-0.3, -0.25) is 4.65 Å². The fourth-order valence-corrected chi connectivity index (χ4v) is 1.88. The summed E-state index contributed by atoms with van der Waals surface area (Å²) < 4.78 is -1.05. The van der Waals surface area contributed by atoms with Gasteiger partial charge in [0.1, 0.15) is 0 Å². The van der Waals surface area contributed by atoms with E-state index in [9.17, 15) is 10.0 Å². The Morgan fingerprint density at radius 1 is 1.50 bits per heavy atom. The molecule has 0 spiro atoms. The summed E-state index contributed by atoms with van der Waals surface area (Å²) >= 11 is 1.64. The zero-order valence-electron chi connectivity index (χ0n) is 5.45. The third kappa shape index (κ3) is 1.42. The third-order valence-corrected chi connectivity index (χ3v) is 2.48. The summed E-state index contributed by atoms with van der Waals surface area (Å²) in [5.74, 6) is 1.33. The van der Waals surface area contributed by atoms with Gasteiger partial charge in [-0.05, 0) is 0 Å². The molecule has 4 nitrogen and oxygen atoms in total. The van der Waals surface area contributed by atoms with Crippen LogP contribution in [0.5, 0.6) is 0 Å². The molecule has 1 heterocycles. The van der Waals surface area contributed by atoms with Gasteiger partial charge in [-0.15, -0.1) is 0 Å². The molecular weight excluding hydrogens is 154 g/mol. The van der Waals surface area contributed by atoms with Crippen LogP contribution in [0.2, 0.25) is 0 Å². The maximum atomic E-state index is 11.1. The van der Waals surface area contributed by atoms with Gasteiger partial charge in [0.05, 0.1) is 13.1 Å². The molecule has 1 aliphatic heterocycles. The summed E-state index contributed by atoms with van der Waals surface area (Å²) in [6, 6.07) is 0. The lowest BCUT2D eigenvalue weighted by Crippen LogP contribution is -2.51. The molecule has 1 amide bonds. The SMILES string of the molecule is O=C(O)[N+]1([O-])CCSCC1. The van der Waals surface area contributed by atoms with Crippen molar-refractivity contribution in [1.29, 1.82) is 0 Å². The first kappa shape index (κ1) is 7.84. The van der Waals surface area contributed by atoms with Crippen LogP contribution in [-0.4, -0.2) is 40.4 Å². The van der Waals surface area contributed by atoms with E-state index in [1.54, 1.807) is 11.8 Å². The van der Waals surface area contributed by atoms with Crippen molar-refractivity contribution in [3.63, 3.8) is 0 Å². The fourth-order valence-electron chi connectivity index (χ4n) is 0.829. The van der Waals surface area contributed by atoms with Crippen molar-refractivity contribution in [3.8, 4) is 0 Å². The van der Waals surface area contributed by atoms with Crippen LogP contribution in [0, 0.1) is 5.21 Å². The molecule has 1 saturated heterocycles. The number of quaternary nitrogens is 1. The zero-order chi connectivity index (χ0) is 7.61. The Hall–Kier alpha value is -0.260. The highest BCUT2D eigenvalue weighted by Crippen LogP contribution is 2.16. The minimum absolute atomic E-state index is 0.208. The van der Waals surface area contributed by atoms with E-state index in [2.05, 4.69) is 0 Å². The first-order chi connectivity index (χ1) is 4.65. The second kappa shape index (κ2) is 2.77. The Bertz CT molecular complexity index is 144. The van der Waals surface area contributed by atoms with Crippen molar-refractivity contribution in [2.75, 3.05) is 24.6 Å². The maximum Gasteiger partial charge on any atom is 0.513 e. The van der Waals surface area contributed by atoms with Crippen LogP contribution < -0.4 is 0 Å². The summed E-state index contributed by atoms with van der Waals surface area (Å²) in [6.45, 7) is 0.417. The van der Waals surface area contributed by atoms with Gasteiger partial charge in [0.15, 0.2) is 0 Å². The van der Waals surface area contributed by atoms with E-state index in [0.717, 1.165) is 0 Å². The number of amides is 1. The van der Waals surface area contributed by atoms with Crippen LogP contribution in [0.3, 0.4) is 0 Å². The molecule has 0 aromatic rings. The molecule has 58 valence electrons. The minimum atomic E-state index is -1.25. The van der Waals surface area contributed by atoms with Gasteiger partial charge in [-0.25, -0.2) is 0 Å². The van der Waals surface area contributed by atoms with Crippen LogP contribution in [0.15, 0.2) is 0 Å². The van der Waals surface area contributed by atoms with Gasteiger partial charge in [0.2, 0.25) is 0 Å². The largest absolute Gasteiger partial charge is 0.622 e. The molecule has 0 atom stereocenters. The number of hydrogen-bond acceptors (Lipinski definition) is 3. The average molecular weight is 163 g/mol. The van der Waals surface area contributed by atoms with Crippen molar-refractivity contribution in [2.45, 2.75) is 0 Å². The lowest BCUT2D eigenvalue weighted by molar-refractivity contribution is -0.802. The van der Waals surface area contributed by atoms with Gasteiger partial charge in [0, 0.05) is 11.5 Å². The molecule has 0 aromatic heterocycles. The van der Waals surface area contributed by atoms with Crippen LogP contribution in [0.25, 0.3) is 0 Å². The van der Waals surface area contributed by atoms with Crippen molar-refractivity contribution in [3.05, 3.63) is 5.21 Å². The standard InChI is InChI=1S/C5H9NO3S/c7-5(8)6(9)1-3-10-4-2-6/h1-4H2,(H,7,8). The predicted molar refractivity (Wildman–Crippen MR) is 38.7 cm³/mol. The van der Waals surface area contributed by atoms with Crippen LogP contribution in [0.4, 0.5) is 4.79 Å². The summed E-state index contributed by atoms with van der Waals surface area (Å²) in [5, 5.41) is 19.6. The monoisotopic (exact) mass is 163 g/mol. The highest BCUT2D eigenvalue weighted by atomic mass is 32.2.